The van der Waals surface area contributed by atoms with Crippen molar-refractivity contribution in [2.45, 2.75) is 26.8 Å². The van der Waals surface area contributed by atoms with Crippen LogP contribution in [-0.2, 0) is 9.53 Å². The molecule has 4 aromatic carbocycles. The van der Waals surface area contributed by atoms with Crippen molar-refractivity contribution in [3.8, 4) is 11.5 Å². The molecule has 2 heterocycles. The second-order valence-electron chi connectivity index (χ2n) is 9.85. The van der Waals surface area contributed by atoms with Gasteiger partial charge in [-0.1, -0.05) is 72.0 Å². The fraction of sp³-hybridized carbons (Fsp3) is 0.206. The molecular weight excluding hydrogens is 548 g/mol. The fourth-order valence-corrected chi connectivity index (χ4v) is 6.66. The summed E-state index contributed by atoms with van der Waals surface area (Å²) < 4.78 is 19.2. The second kappa shape index (κ2) is 11.3. The number of carbonyl (C=O) groups excluding carboxylic acids is 1. The van der Waals surface area contributed by atoms with E-state index in [1.807, 2.05) is 49.4 Å². The highest BCUT2D eigenvalue weighted by molar-refractivity contribution is 7.07. The van der Waals surface area contributed by atoms with Crippen LogP contribution in [0.4, 0.5) is 0 Å². The maximum absolute atomic E-state index is 14.4. The summed E-state index contributed by atoms with van der Waals surface area (Å²) >= 11 is 1.30. The van der Waals surface area contributed by atoms with Crippen LogP contribution >= 0.6 is 11.3 Å². The van der Waals surface area contributed by atoms with E-state index < -0.39 is 12.0 Å². The number of rotatable bonds is 7. The molecule has 42 heavy (non-hydrogen) atoms. The van der Waals surface area contributed by atoms with Crippen LogP contribution in [0.25, 0.3) is 27.6 Å². The van der Waals surface area contributed by atoms with E-state index in [2.05, 4.69) is 30.3 Å². The first kappa shape index (κ1) is 27.5. The van der Waals surface area contributed by atoms with Gasteiger partial charge in [-0.15, -0.1) is 0 Å². The molecule has 0 amide bonds. The Morgan fingerprint density at radius 2 is 1.67 bits per heavy atom. The summed E-state index contributed by atoms with van der Waals surface area (Å²) in [4.78, 5) is 33.0. The van der Waals surface area contributed by atoms with Crippen LogP contribution < -0.4 is 24.4 Å². The minimum absolute atomic E-state index is 0.192. The number of allylic oxidation sites excluding steroid dienone is 1. The van der Waals surface area contributed by atoms with Crippen LogP contribution in [0.5, 0.6) is 11.5 Å². The molecule has 1 aliphatic heterocycles. The number of ether oxygens (including phenoxy) is 3. The molecule has 0 saturated carbocycles. The number of aromatic nitrogens is 1. The maximum Gasteiger partial charge on any atom is 0.338 e. The van der Waals surface area contributed by atoms with Gasteiger partial charge in [0.05, 0.1) is 36.1 Å². The summed E-state index contributed by atoms with van der Waals surface area (Å²) in [6.45, 7) is 5.97. The largest absolute Gasteiger partial charge is 0.493 e. The van der Waals surface area contributed by atoms with Gasteiger partial charge in [0, 0.05) is 5.56 Å². The van der Waals surface area contributed by atoms with Crippen molar-refractivity contribution in [2.24, 2.45) is 4.99 Å². The molecule has 0 saturated heterocycles. The lowest BCUT2D eigenvalue weighted by Gasteiger charge is -2.26. The average molecular weight is 579 g/mol. The Labute approximate surface area is 246 Å². The molecule has 212 valence electrons. The van der Waals surface area contributed by atoms with Crippen LogP contribution in [0.2, 0.25) is 0 Å². The second-order valence-corrected chi connectivity index (χ2v) is 10.9. The van der Waals surface area contributed by atoms with Crippen molar-refractivity contribution in [3.05, 3.63) is 115 Å². The first-order chi connectivity index (χ1) is 20.5. The molecule has 8 heteroatoms. The van der Waals surface area contributed by atoms with Crippen molar-refractivity contribution in [1.29, 1.82) is 0 Å². The van der Waals surface area contributed by atoms with Crippen LogP contribution in [0, 0.1) is 0 Å². The summed E-state index contributed by atoms with van der Waals surface area (Å²) in [5.41, 5.74) is 2.12. The molecule has 1 aliphatic rings. The van der Waals surface area contributed by atoms with E-state index in [0.29, 0.717) is 44.3 Å². The van der Waals surface area contributed by atoms with Crippen molar-refractivity contribution in [3.63, 3.8) is 0 Å². The summed E-state index contributed by atoms with van der Waals surface area (Å²) in [6, 6.07) is 23.1. The highest BCUT2D eigenvalue weighted by atomic mass is 32.1. The van der Waals surface area contributed by atoms with Crippen LogP contribution in [-0.4, -0.2) is 30.9 Å². The highest BCUT2D eigenvalue weighted by Crippen LogP contribution is 2.41. The third-order valence-corrected chi connectivity index (χ3v) is 8.40. The zero-order valence-electron chi connectivity index (χ0n) is 23.8. The smallest absolute Gasteiger partial charge is 0.338 e. The molecule has 7 nitrogen and oxygen atoms in total. The number of esters is 1. The Balaban J connectivity index is 1.66. The van der Waals surface area contributed by atoms with E-state index in [9.17, 15) is 9.59 Å². The van der Waals surface area contributed by atoms with Gasteiger partial charge < -0.3 is 14.2 Å². The predicted molar refractivity (Wildman–Crippen MR) is 166 cm³/mol. The molecule has 0 aliphatic carbocycles. The number of para-hydroxylation sites is 1. The van der Waals surface area contributed by atoms with Gasteiger partial charge in [0.25, 0.3) is 5.56 Å². The normalized spacial score (nSPS) is 15.0. The van der Waals surface area contributed by atoms with Gasteiger partial charge in [-0.3, -0.25) is 9.36 Å². The monoisotopic (exact) mass is 578 g/mol. The lowest BCUT2D eigenvalue weighted by Crippen LogP contribution is -2.40. The zero-order chi connectivity index (χ0) is 29.4. The van der Waals surface area contributed by atoms with Gasteiger partial charge in [-0.2, -0.15) is 0 Å². The van der Waals surface area contributed by atoms with Crippen molar-refractivity contribution in [2.75, 3.05) is 20.3 Å². The lowest BCUT2D eigenvalue weighted by molar-refractivity contribution is -0.139. The summed E-state index contributed by atoms with van der Waals surface area (Å²) in [6.07, 6.45) is 1.95. The van der Waals surface area contributed by atoms with E-state index in [0.717, 1.165) is 27.1 Å². The third kappa shape index (κ3) is 4.58. The Kier molecular flexibility index (Phi) is 7.39. The molecule has 0 bridgehead atoms. The van der Waals surface area contributed by atoms with Gasteiger partial charge in [-0.05, 0) is 66.1 Å². The number of carbonyl (C=O) groups is 1. The Morgan fingerprint density at radius 3 is 2.31 bits per heavy atom. The summed E-state index contributed by atoms with van der Waals surface area (Å²) in [5.74, 6) is 0.457. The molecular formula is C34H30N2O5S. The topological polar surface area (TPSA) is 79.1 Å². The third-order valence-electron chi connectivity index (χ3n) is 7.42. The molecule has 0 spiro atoms. The van der Waals surface area contributed by atoms with Gasteiger partial charge in [-0.25, -0.2) is 9.79 Å². The number of benzene rings is 4. The van der Waals surface area contributed by atoms with E-state index in [4.69, 9.17) is 19.2 Å². The number of fused-ring (bicyclic) bond motifs is 3. The first-order valence-electron chi connectivity index (χ1n) is 13.9. The van der Waals surface area contributed by atoms with Crippen molar-refractivity contribution >= 4 is 44.9 Å². The molecule has 1 aromatic heterocycles. The maximum atomic E-state index is 14.4. The zero-order valence-corrected chi connectivity index (χ0v) is 24.7. The summed E-state index contributed by atoms with van der Waals surface area (Å²) in [7, 11) is 1.56. The van der Waals surface area contributed by atoms with Crippen LogP contribution in [0.1, 0.15) is 37.9 Å². The van der Waals surface area contributed by atoms with E-state index in [1.165, 1.54) is 11.3 Å². The van der Waals surface area contributed by atoms with Crippen molar-refractivity contribution < 1.29 is 19.0 Å². The standard InChI is InChI=1S/C34H30N2O5S/c1-5-40-31-25(16-11-17-27(31)39-4)30-29(33(38)41-6-2)20(3)35-34-36(30)32(37)28(42-34)19-26-23-14-9-7-12-21(23)18-22-13-8-10-15-24(22)26/h7-19,30H,5-6H2,1-4H3/b28-19-. The summed E-state index contributed by atoms with van der Waals surface area (Å²) in [5, 5.41) is 4.28. The minimum atomic E-state index is -0.816. The number of thiazole rings is 1. The SMILES string of the molecule is CCOC(=O)C1=C(C)N=c2s/c(=C\c3c4ccccc4cc4ccccc34)c(=O)n2C1c1cccc(OC)c1OCC. The van der Waals surface area contributed by atoms with Gasteiger partial charge in [0.15, 0.2) is 16.3 Å². The van der Waals surface area contributed by atoms with Gasteiger partial charge >= 0.3 is 5.97 Å². The van der Waals surface area contributed by atoms with Crippen LogP contribution in [0.15, 0.2) is 93.9 Å². The molecule has 0 N–H and O–H groups in total. The number of hydrogen-bond donors (Lipinski definition) is 0. The Bertz CT molecular complexity index is 2020. The molecule has 1 unspecified atom stereocenters. The highest BCUT2D eigenvalue weighted by Gasteiger charge is 2.36. The number of methoxy groups -OCH3 is 1. The molecule has 6 rings (SSSR count). The minimum Gasteiger partial charge on any atom is -0.493 e. The van der Waals surface area contributed by atoms with E-state index >= 15 is 0 Å². The predicted octanol–water partition coefficient (Wildman–Crippen LogP) is 5.51. The molecule has 5 aromatic rings. The van der Waals surface area contributed by atoms with Crippen molar-refractivity contribution in [1.82, 2.24) is 4.57 Å². The molecule has 0 fully saturated rings. The lowest BCUT2D eigenvalue weighted by atomic mass is 9.94. The first-order valence-corrected chi connectivity index (χ1v) is 14.7. The fourth-order valence-electron chi connectivity index (χ4n) is 5.63. The Morgan fingerprint density at radius 1 is 0.976 bits per heavy atom. The van der Waals surface area contributed by atoms with Crippen LogP contribution in [0.3, 0.4) is 0 Å². The molecule has 0 radical (unpaired) electrons. The number of nitrogens with zero attached hydrogens (tertiary/aromatic N) is 2. The average Bonchev–Trinajstić information content (AvgIpc) is 3.30. The van der Waals surface area contributed by atoms with Gasteiger partial charge in [0.1, 0.15) is 6.04 Å². The van der Waals surface area contributed by atoms with Gasteiger partial charge in [0.2, 0.25) is 0 Å². The Hall–Kier alpha value is -4.69. The molecule has 1 atom stereocenters. The number of hydrogen-bond acceptors (Lipinski definition) is 7. The van der Waals surface area contributed by atoms with E-state index in [-0.39, 0.29) is 12.2 Å². The van der Waals surface area contributed by atoms with E-state index in [1.54, 1.807) is 31.6 Å². The quantitative estimate of drug-likeness (QED) is 0.188.